The molecule has 1 fully saturated rings. The summed E-state index contributed by atoms with van der Waals surface area (Å²) in [5.41, 5.74) is 7.23. The molecule has 0 bridgehead atoms. The van der Waals surface area contributed by atoms with E-state index in [-0.39, 0.29) is 11.9 Å². The average Bonchev–Trinajstić information content (AvgIpc) is 2.62. The van der Waals surface area contributed by atoms with Gasteiger partial charge in [0, 0.05) is 51.3 Å². The number of hydrogen-bond donors (Lipinski definition) is 1. The van der Waals surface area contributed by atoms with Crippen molar-refractivity contribution in [3.8, 4) is 0 Å². The molecule has 1 aliphatic rings. The van der Waals surface area contributed by atoms with Crippen molar-refractivity contribution >= 4 is 5.91 Å². The Balaban J connectivity index is 1.85. The van der Waals surface area contributed by atoms with Crippen LogP contribution >= 0.6 is 0 Å². The minimum Gasteiger partial charge on any atom is -0.380 e. The topological polar surface area (TPSA) is 58.8 Å². The Hall–Kier alpha value is -1.43. The zero-order chi connectivity index (χ0) is 17.4. The first-order valence-corrected chi connectivity index (χ1v) is 9.05. The van der Waals surface area contributed by atoms with Gasteiger partial charge in [-0.2, -0.15) is 0 Å². The fraction of sp³-hybridized carbons (Fsp3) is 0.632. The molecular weight excluding hydrogens is 302 g/mol. The number of amides is 1. The first-order chi connectivity index (χ1) is 11.7. The quantitative estimate of drug-likeness (QED) is 0.740. The van der Waals surface area contributed by atoms with Gasteiger partial charge in [0.25, 0.3) is 0 Å². The van der Waals surface area contributed by atoms with Crippen molar-refractivity contribution in [3.63, 3.8) is 0 Å². The number of benzene rings is 1. The predicted molar refractivity (Wildman–Crippen MR) is 96.7 cm³/mol. The zero-order valence-electron chi connectivity index (χ0n) is 15.0. The van der Waals surface area contributed by atoms with Crippen LogP contribution in [-0.2, 0) is 9.53 Å². The van der Waals surface area contributed by atoms with Crippen molar-refractivity contribution < 1.29 is 9.53 Å². The molecule has 1 aliphatic heterocycles. The third kappa shape index (κ3) is 5.30. The summed E-state index contributed by atoms with van der Waals surface area (Å²) in [5, 5.41) is 0. The van der Waals surface area contributed by atoms with E-state index in [1.807, 2.05) is 42.2 Å². The second kappa shape index (κ2) is 9.77. The molecule has 1 saturated heterocycles. The number of nitrogens with zero attached hydrogens (tertiary/aromatic N) is 2. The Bertz CT molecular complexity index is 495. The summed E-state index contributed by atoms with van der Waals surface area (Å²) in [7, 11) is 0. The number of hydrogen-bond acceptors (Lipinski definition) is 4. The molecule has 0 saturated carbocycles. The fourth-order valence-corrected chi connectivity index (χ4v) is 3.26. The van der Waals surface area contributed by atoms with Crippen LogP contribution in [0.3, 0.4) is 0 Å². The van der Waals surface area contributed by atoms with Crippen LogP contribution in [0.1, 0.15) is 38.3 Å². The van der Waals surface area contributed by atoms with Gasteiger partial charge in [0.05, 0.1) is 6.61 Å². The van der Waals surface area contributed by atoms with Gasteiger partial charge in [0.1, 0.15) is 0 Å². The Kier molecular flexibility index (Phi) is 7.69. The van der Waals surface area contributed by atoms with Crippen LogP contribution in [0.4, 0.5) is 0 Å². The highest BCUT2D eigenvalue weighted by Crippen LogP contribution is 2.18. The number of piperazine rings is 1. The van der Waals surface area contributed by atoms with Crippen LogP contribution in [0.5, 0.6) is 0 Å². The Morgan fingerprint density at radius 1 is 1.29 bits per heavy atom. The molecule has 0 aromatic heterocycles. The molecule has 2 rings (SSSR count). The van der Waals surface area contributed by atoms with Crippen LogP contribution in [-0.4, -0.2) is 61.1 Å². The van der Waals surface area contributed by atoms with Gasteiger partial charge in [-0.25, -0.2) is 0 Å². The maximum Gasteiger partial charge on any atom is 0.224 e. The lowest BCUT2D eigenvalue weighted by molar-refractivity contribution is -0.134. The normalized spacial score (nSPS) is 20.1. The smallest absolute Gasteiger partial charge is 0.224 e. The van der Waals surface area contributed by atoms with Crippen molar-refractivity contribution in [2.24, 2.45) is 5.73 Å². The van der Waals surface area contributed by atoms with Crippen LogP contribution in [0.15, 0.2) is 30.3 Å². The third-order valence-corrected chi connectivity index (χ3v) is 4.78. The minimum absolute atomic E-state index is 0.161. The molecule has 0 radical (unpaired) electrons. The van der Waals surface area contributed by atoms with E-state index in [4.69, 9.17) is 10.5 Å². The van der Waals surface area contributed by atoms with Gasteiger partial charge < -0.3 is 15.4 Å². The molecule has 1 amide bonds. The lowest BCUT2D eigenvalue weighted by atomic mass is 10.0. The van der Waals surface area contributed by atoms with Crippen LogP contribution in [0.25, 0.3) is 0 Å². The molecule has 1 aromatic carbocycles. The van der Waals surface area contributed by atoms with Crippen molar-refractivity contribution in [1.29, 1.82) is 0 Å². The van der Waals surface area contributed by atoms with Crippen molar-refractivity contribution in [2.45, 2.75) is 38.8 Å². The van der Waals surface area contributed by atoms with Gasteiger partial charge in [0.15, 0.2) is 0 Å². The van der Waals surface area contributed by atoms with E-state index < -0.39 is 0 Å². The molecule has 5 heteroatoms. The standard InChI is InChI=1S/C19H31N3O2/c1-3-17-15-22(11-10-21(17)12-13-24-4-2)19(23)14-18(20)16-8-6-5-7-9-16/h5-9,17-18H,3-4,10-15,20H2,1-2H3. The van der Waals surface area contributed by atoms with E-state index in [0.717, 1.165) is 51.4 Å². The van der Waals surface area contributed by atoms with Gasteiger partial charge in [-0.05, 0) is 18.9 Å². The highest BCUT2D eigenvalue weighted by atomic mass is 16.5. The molecule has 24 heavy (non-hydrogen) atoms. The number of ether oxygens (including phenoxy) is 1. The van der Waals surface area contributed by atoms with Crippen LogP contribution < -0.4 is 5.73 Å². The van der Waals surface area contributed by atoms with E-state index >= 15 is 0 Å². The lowest BCUT2D eigenvalue weighted by Crippen LogP contribution is -2.55. The monoisotopic (exact) mass is 333 g/mol. The van der Waals surface area contributed by atoms with Crippen molar-refractivity contribution in [1.82, 2.24) is 9.80 Å². The Morgan fingerprint density at radius 3 is 2.71 bits per heavy atom. The summed E-state index contributed by atoms with van der Waals surface area (Å²) in [6, 6.07) is 10.0. The maximum atomic E-state index is 12.6. The molecule has 1 aromatic rings. The van der Waals surface area contributed by atoms with E-state index in [1.165, 1.54) is 0 Å². The Labute approximate surface area is 145 Å². The van der Waals surface area contributed by atoms with Crippen molar-refractivity contribution in [2.75, 3.05) is 39.4 Å². The first kappa shape index (κ1) is 18.9. The van der Waals surface area contributed by atoms with Gasteiger partial charge in [-0.3, -0.25) is 9.69 Å². The van der Waals surface area contributed by atoms with E-state index in [9.17, 15) is 4.79 Å². The van der Waals surface area contributed by atoms with Crippen molar-refractivity contribution in [3.05, 3.63) is 35.9 Å². The number of carbonyl (C=O) groups excluding carboxylic acids is 1. The van der Waals surface area contributed by atoms with Gasteiger partial charge in [-0.1, -0.05) is 37.3 Å². The average molecular weight is 333 g/mol. The maximum absolute atomic E-state index is 12.6. The number of rotatable bonds is 8. The second-order valence-corrected chi connectivity index (χ2v) is 6.36. The molecular formula is C19H31N3O2. The molecule has 1 heterocycles. The van der Waals surface area contributed by atoms with Crippen LogP contribution in [0.2, 0.25) is 0 Å². The summed E-state index contributed by atoms with van der Waals surface area (Å²) >= 11 is 0. The molecule has 0 aliphatic carbocycles. The van der Waals surface area contributed by atoms with E-state index in [2.05, 4.69) is 11.8 Å². The van der Waals surface area contributed by atoms with Gasteiger partial charge in [0.2, 0.25) is 5.91 Å². The molecule has 2 unspecified atom stereocenters. The van der Waals surface area contributed by atoms with Crippen LogP contribution in [0, 0.1) is 0 Å². The summed E-state index contributed by atoms with van der Waals surface area (Å²) in [6.45, 7) is 9.15. The molecule has 0 spiro atoms. The van der Waals surface area contributed by atoms with E-state index in [1.54, 1.807) is 0 Å². The lowest BCUT2D eigenvalue weighted by Gasteiger charge is -2.41. The number of carbonyl (C=O) groups is 1. The van der Waals surface area contributed by atoms with Gasteiger partial charge in [-0.15, -0.1) is 0 Å². The molecule has 5 nitrogen and oxygen atoms in total. The highest BCUT2D eigenvalue weighted by Gasteiger charge is 2.28. The molecule has 2 atom stereocenters. The first-order valence-electron chi connectivity index (χ1n) is 9.05. The third-order valence-electron chi connectivity index (χ3n) is 4.78. The molecule has 2 N–H and O–H groups in total. The Morgan fingerprint density at radius 2 is 2.04 bits per heavy atom. The molecule has 134 valence electrons. The zero-order valence-corrected chi connectivity index (χ0v) is 15.0. The predicted octanol–water partition coefficient (Wildman–Crippen LogP) is 2.04. The summed E-state index contributed by atoms with van der Waals surface area (Å²) < 4.78 is 5.47. The summed E-state index contributed by atoms with van der Waals surface area (Å²) in [6.07, 6.45) is 1.42. The minimum atomic E-state index is -0.227. The summed E-state index contributed by atoms with van der Waals surface area (Å²) in [5.74, 6) is 0.161. The van der Waals surface area contributed by atoms with Gasteiger partial charge >= 0.3 is 0 Å². The summed E-state index contributed by atoms with van der Waals surface area (Å²) in [4.78, 5) is 17.0. The SMILES string of the molecule is CCOCCN1CCN(C(=O)CC(N)c2ccccc2)CC1CC. The highest BCUT2D eigenvalue weighted by molar-refractivity contribution is 5.77. The second-order valence-electron chi connectivity index (χ2n) is 6.36. The largest absolute Gasteiger partial charge is 0.380 e. The van der Waals surface area contributed by atoms with E-state index in [0.29, 0.717) is 12.5 Å². The number of nitrogens with two attached hydrogens (primary N) is 1. The fourth-order valence-electron chi connectivity index (χ4n) is 3.26.